The van der Waals surface area contributed by atoms with Gasteiger partial charge in [-0.15, -0.1) is 0 Å². The number of piperazine rings is 1. The molecule has 1 aromatic rings. The Bertz CT molecular complexity index is 792. The van der Waals surface area contributed by atoms with E-state index in [0.717, 1.165) is 12.1 Å². The second-order valence-electron chi connectivity index (χ2n) is 7.10. The zero-order chi connectivity index (χ0) is 21.3. The molecule has 1 aromatic carbocycles. The van der Waals surface area contributed by atoms with Gasteiger partial charge in [-0.2, -0.15) is 8.78 Å². The van der Waals surface area contributed by atoms with Crippen LogP contribution in [0.3, 0.4) is 0 Å². The monoisotopic (exact) mass is 437 g/mol. The molecule has 0 bridgehead atoms. The van der Waals surface area contributed by atoms with Gasteiger partial charge in [0.05, 0.1) is 12.1 Å². The Balaban J connectivity index is 1.81. The van der Waals surface area contributed by atoms with Gasteiger partial charge in [0.25, 0.3) is 0 Å². The first-order valence-corrected chi connectivity index (χ1v) is 9.48. The summed E-state index contributed by atoms with van der Waals surface area (Å²) in [5, 5.41) is 4.57. The maximum absolute atomic E-state index is 14.6. The van der Waals surface area contributed by atoms with E-state index in [9.17, 15) is 27.2 Å². The van der Waals surface area contributed by atoms with E-state index in [2.05, 4.69) is 15.4 Å². The van der Waals surface area contributed by atoms with Crippen molar-refractivity contribution < 1.29 is 31.9 Å². The minimum Gasteiger partial charge on any atom is -0.353 e. The fourth-order valence-electron chi connectivity index (χ4n) is 3.64. The van der Waals surface area contributed by atoms with E-state index in [0.29, 0.717) is 0 Å². The Morgan fingerprint density at radius 1 is 1.34 bits per heavy atom. The van der Waals surface area contributed by atoms with Crippen LogP contribution in [0.2, 0.25) is 5.02 Å². The Labute approximate surface area is 169 Å². The summed E-state index contributed by atoms with van der Waals surface area (Å²) < 4.78 is 57.4. The molecular formula is C18H20ClF4N3O3. The number of ether oxygens (including phenoxy) is 1. The molecule has 2 fully saturated rings. The lowest BCUT2D eigenvalue weighted by molar-refractivity contribution is -0.193. The summed E-state index contributed by atoms with van der Waals surface area (Å²) in [6.45, 7) is -0.862. The normalized spacial score (nSPS) is 25.4. The molecule has 2 aliphatic rings. The number of nitrogens with zero attached hydrogens (tertiary/aromatic N) is 1. The summed E-state index contributed by atoms with van der Waals surface area (Å²) in [5.74, 6) is -2.73. The van der Waals surface area contributed by atoms with Gasteiger partial charge in [-0.3, -0.25) is 4.79 Å². The Morgan fingerprint density at radius 2 is 2.03 bits per heavy atom. The number of benzene rings is 1. The molecule has 2 N–H and O–H groups in total. The fraction of sp³-hybridized carbons (Fsp3) is 0.556. The molecule has 3 amide bonds. The Kier molecular flexibility index (Phi) is 6.52. The summed E-state index contributed by atoms with van der Waals surface area (Å²) in [5.41, 5.74) is -0.0561. The average Bonchev–Trinajstić information content (AvgIpc) is 2.63. The first-order valence-electron chi connectivity index (χ1n) is 9.11. The lowest BCUT2D eigenvalue weighted by Crippen LogP contribution is -2.59. The first kappa shape index (κ1) is 21.6. The maximum Gasteiger partial charge on any atom is 0.345 e. The van der Waals surface area contributed by atoms with Crippen molar-refractivity contribution in [3.8, 4) is 0 Å². The summed E-state index contributed by atoms with van der Waals surface area (Å²) in [6, 6.07) is -0.161. The van der Waals surface area contributed by atoms with Crippen molar-refractivity contribution in [2.75, 3.05) is 13.1 Å². The van der Waals surface area contributed by atoms with Gasteiger partial charge in [-0.1, -0.05) is 17.7 Å². The number of rotatable bonds is 5. The van der Waals surface area contributed by atoms with Crippen molar-refractivity contribution in [2.45, 2.75) is 44.6 Å². The zero-order valence-electron chi connectivity index (χ0n) is 15.4. The molecule has 0 aromatic heterocycles. The summed E-state index contributed by atoms with van der Waals surface area (Å²) in [4.78, 5) is 25.9. The van der Waals surface area contributed by atoms with E-state index in [1.54, 1.807) is 6.92 Å². The van der Waals surface area contributed by atoms with Gasteiger partial charge in [0, 0.05) is 18.7 Å². The topological polar surface area (TPSA) is 70.7 Å². The van der Waals surface area contributed by atoms with Crippen molar-refractivity contribution in [1.29, 1.82) is 0 Å². The van der Waals surface area contributed by atoms with Crippen LogP contribution in [-0.4, -0.2) is 48.7 Å². The summed E-state index contributed by atoms with van der Waals surface area (Å²) in [6.07, 6.45) is -0.419. The van der Waals surface area contributed by atoms with Crippen LogP contribution in [0.25, 0.3) is 0 Å². The molecule has 29 heavy (non-hydrogen) atoms. The SMILES string of the molecule is C[C@@H]1C(=O)NCCN1C(=O)NC(c1ccc(F)c(Cl)c1F)[C@H]1C[C@H](OC(F)F)C1. The van der Waals surface area contributed by atoms with Crippen LogP contribution in [-0.2, 0) is 9.53 Å². The second kappa shape index (κ2) is 8.74. The molecule has 11 heteroatoms. The number of amides is 3. The predicted molar refractivity (Wildman–Crippen MR) is 95.4 cm³/mol. The summed E-state index contributed by atoms with van der Waals surface area (Å²) >= 11 is 5.67. The highest BCUT2D eigenvalue weighted by Gasteiger charge is 2.41. The lowest BCUT2D eigenvalue weighted by Gasteiger charge is -2.42. The van der Waals surface area contributed by atoms with E-state index >= 15 is 0 Å². The van der Waals surface area contributed by atoms with Crippen molar-refractivity contribution in [1.82, 2.24) is 15.5 Å². The molecule has 160 valence electrons. The predicted octanol–water partition coefficient (Wildman–Crippen LogP) is 3.21. The minimum atomic E-state index is -2.93. The van der Waals surface area contributed by atoms with Gasteiger partial charge in [-0.05, 0) is 31.7 Å². The number of hydrogen-bond donors (Lipinski definition) is 2. The van der Waals surface area contributed by atoms with Gasteiger partial charge < -0.3 is 20.3 Å². The number of carbonyl (C=O) groups is 2. The molecule has 1 aliphatic heterocycles. The third-order valence-corrected chi connectivity index (χ3v) is 5.68. The average molecular weight is 438 g/mol. The van der Waals surface area contributed by atoms with Crippen LogP contribution >= 0.6 is 11.6 Å². The lowest BCUT2D eigenvalue weighted by atomic mass is 9.74. The van der Waals surface area contributed by atoms with E-state index < -0.39 is 53.4 Å². The second-order valence-corrected chi connectivity index (χ2v) is 7.48. The van der Waals surface area contributed by atoms with Crippen LogP contribution in [0.4, 0.5) is 22.4 Å². The highest BCUT2D eigenvalue weighted by molar-refractivity contribution is 6.31. The highest BCUT2D eigenvalue weighted by Crippen LogP contribution is 2.42. The zero-order valence-corrected chi connectivity index (χ0v) is 16.2. The molecule has 1 saturated carbocycles. The van der Waals surface area contributed by atoms with Crippen molar-refractivity contribution in [3.63, 3.8) is 0 Å². The van der Waals surface area contributed by atoms with Gasteiger partial charge >= 0.3 is 12.6 Å². The molecule has 0 radical (unpaired) electrons. The van der Waals surface area contributed by atoms with Gasteiger partial charge in [-0.25, -0.2) is 13.6 Å². The van der Waals surface area contributed by atoms with E-state index in [1.165, 1.54) is 4.90 Å². The summed E-state index contributed by atoms with van der Waals surface area (Å²) in [7, 11) is 0. The third kappa shape index (κ3) is 4.58. The van der Waals surface area contributed by atoms with Crippen LogP contribution in [0.5, 0.6) is 0 Å². The van der Waals surface area contributed by atoms with Crippen molar-refractivity contribution in [2.24, 2.45) is 5.92 Å². The van der Waals surface area contributed by atoms with Crippen molar-refractivity contribution in [3.05, 3.63) is 34.4 Å². The number of carbonyl (C=O) groups excluding carboxylic acids is 2. The van der Waals surface area contributed by atoms with Gasteiger partial charge in [0.1, 0.15) is 22.7 Å². The smallest absolute Gasteiger partial charge is 0.345 e. The molecule has 6 nitrogen and oxygen atoms in total. The highest BCUT2D eigenvalue weighted by atomic mass is 35.5. The largest absolute Gasteiger partial charge is 0.353 e. The van der Waals surface area contributed by atoms with Crippen molar-refractivity contribution >= 4 is 23.5 Å². The number of alkyl halides is 2. The van der Waals surface area contributed by atoms with Gasteiger partial charge in [0.15, 0.2) is 0 Å². The van der Waals surface area contributed by atoms with E-state index in [-0.39, 0.29) is 37.4 Å². The Morgan fingerprint density at radius 3 is 2.69 bits per heavy atom. The number of urea groups is 1. The minimum absolute atomic E-state index is 0.0561. The molecule has 2 atom stereocenters. The fourth-order valence-corrected chi connectivity index (χ4v) is 3.81. The molecular weight excluding hydrogens is 418 g/mol. The maximum atomic E-state index is 14.6. The quantitative estimate of drug-likeness (QED) is 0.549. The third-order valence-electron chi connectivity index (χ3n) is 5.34. The number of hydrogen-bond acceptors (Lipinski definition) is 3. The van der Waals surface area contributed by atoms with Crippen LogP contribution in [0, 0.1) is 17.6 Å². The number of halogens is 5. The molecule has 3 rings (SSSR count). The standard InChI is InChI=1S/C18H20ClF4N3O3/c1-8-16(27)24-4-5-26(8)18(28)25-15(9-6-10(7-9)29-17(22)23)11-2-3-12(20)13(19)14(11)21/h2-3,8-10,15,17H,4-7H2,1H3,(H,24,27)(H,25,28)/t8-,9-,10-,15?/m1/s1. The first-order chi connectivity index (χ1) is 13.7. The molecule has 0 spiro atoms. The van der Waals surface area contributed by atoms with Crippen LogP contribution in [0.1, 0.15) is 31.4 Å². The molecule has 1 heterocycles. The molecule has 1 unspecified atom stereocenters. The Hall–Kier alpha value is -2.07. The van der Waals surface area contributed by atoms with Crippen LogP contribution in [0.15, 0.2) is 12.1 Å². The van der Waals surface area contributed by atoms with Gasteiger partial charge in [0.2, 0.25) is 5.91 Å². The van der Waals surface area contributed by atoms with Crippen LogP contribution < -0.4 is 10.6 Å². The van der Waals surface area contributed by atoms with E-state index in [4.69, 9.17) is 11.6 Å². The molecule has 1 saturated heterocycles. The van der Waals surface area contributed by atoms with E-state index in [1.807, 2.05) is 0 Å². The number of nitrogens with one attached hydrogen (secondary N) is 2. The molecule has 1 aliphatic carbocycles.